The van der Waals surface area contributed by atoms with Crippen molar-refractivity contribution in [3.63, 3.8) is 0 Å². The van der Waals surface area contributed by atoms with Crippen molar-refractivity contribution in [2.45, 2.75) is 25.8 Å². The molecule has 0 aliphatic rings. The van der Waals surface area contributed by atoms with Crippen LogP contribution in [0.15, 0.2) is 41.9 Å². The maximum absolute atomic E-state index is 13.4. The second-order valence-electron chi connectivity index (χ2n) is 5.27. The number of thioether (sulfide) groups is 1. The van der Waals surface area contributed by atoms with Gasteiger partial charge in [-0.2, -0.15) is 11.8 Å². The van der Waals surface area contributed by atoms with E-state index in [9.17, 15) is 4.39 Å². The molecule has 1 aromatic carbocycles. The Labute approximate surface area is 146 Å². The molecule has 0 amide bonds. The van der Waals surface area contributed by atoms with Gasteiger partial charge in [0.1, 0.15) is 5.82 Å². The van der Waals surface area contributed by atoms with Gasteiger partial charge in [0, 0.05) is 37.8 Å². The first-order valence-corrected chi connectivity index (χ1v) is 9.36. The van der Waals surface area contributed by atoms with Crippen LogP contribution >= 0.6 is 11.8 Å². The summed E-state index contributed by atoms with van der Waals surface area (Å²) >= 11 is 1.68. The van der Waals surface area contributed by atoms with Gasteiger partial charge >= 0.3 is 0 Å². The fourth-order valence-corrected chi connectivity index (χ4v) is 2.85. The van der Waals surface area contributed by atoms with Crippen LogP contribution in [0.25, 0.3) is 0 Å². The molecule has 0 aliphatic heterocycles. The third-order valence-electron chi connectivity index (χ3n) is 3.44. The van der Waals surface area contributed by atoms with Crippen molar-refractivity contribution in [1.29, 1.82) is 0 Å². The number of halogens is 1. The minimum Gasteiger partial charge on any atom is -0.357 e. The molecule has 0 radical (unpaired) electrons. The van der Waals surface area contributed by atoms with Gasteiger partial charge in [-0.05, 0) is 36.4 Å². The highest BCUT2D eigenvalue weighted by Crippen LogP contribution is 2.17. The molecular formula is C17H24FN5S. The predicted octanol–water partition coefficient (Wildman–Crippen LogP) is 2.64. The maximum Gasteiger partial charge on any atom is 0.191 e. The van der Waals surface area contributed by atoms with E-state index in [4.69, 9.17) is 0 Å². The lowest BCUT2D eigenvalue weighted by Crippen LogP contribution is -2.38. The summed E-state index contributed by atoms with van der Waals surface area (Å²) < 4.78 is 15.4. The quantitative estimate of drug-likeness (QED) is 0.568. The summed E-state index contributed by atoms with van der Waals surface area (Å²) in [4.78, 5) is 8.64. The SMILES string of the molecule is CCNC(=NCc1ccc(F)cc1CSC)NCCn1ccnc1. The van der Waals surface area contributed by atoms with E-state index in [0.717, 1.165) is 42.5 Å². The summed E-state index contributed by atoms with van der Waals surface area (Å²) in [7, 11) is 0. The van der Waals surface area contributed by atoms with Gasteiger partial charge in [-0.15, -0.1) is 0 Å². The number of hydrogen-bond donors (Lipinski definition) is 2. The Morgan fingerprint density at radius 3 is 2.92 bits per heavy atom. The summed E-state index contributed by atoms with van der Waals surface area (Å²) in [6.07, 6.45) is 7.50. The predicted molar refractivity (Wildman–Crippen MR) is 98.7 cm³/mol. The smallest absolute Gasteiger partial charge is 0.191 e. The first-order valence-electron chi connectivity index (χ1n) is 7.97. The Morgan fingerprint density at radius 1 is 1.33 bits per heavy atom. The molecule has 130 valence electrons. The van der Waals surface area contributed by atoms with Crippen molar-refractivity contribution in [3.05, 3.63) is 53.9 Å². The molecule has 2 N–H and O–H groups in total. The van der Waals surface area contributed by atoms with E-state index in [1.54, 1.807) is 30.4 Å². The fourth-order valence-electron chi connectivity index (χ4n) is 2.27. The molecule has 1 heterocycles. The molecule has 0 spiro atoms. The summed E-state index contributed by atoms with van der Waals surface area (Å²) in [6.45, 7) is 4.92. The number of rotatable bonds is 8. The van der Waals surface area contributed by atoms with Crippen LogP contribution in [0.5, 0.6) is 0 Å². The van der Waals surface area contributed by atoms with Crippen molar-refractivity contribution >= 4 is 17.7 Å². The van der Waals surface area contributed by atoms with Crippen molar-refractivity contribution in [1.82, 2.24) is 20.2 Å². The highest BCUT2D eigenvalue weighted by Gasteiger charge is 2.04. The molecule has 1 aromatic heterocycles. The lowest BCUT2D eigenvalue weighted by atomic mass is 10.1. The Kier molecular flexibility index (Phi) is 7.61. The van der Waals surface area contributed by atoms with Crippen LogP contribution in [-0.2, 0) is 18.8 Å². The number of hydrogen-bond acceptors (Lipinski definition) is 3. The zero-order chi connectivity index (χ0) is 17.2. The van der Waals surface area contributed by atoms with Gasteiger partial charge in [0.25, 0.3) is 0 Å². The Bertz CT molecular complexity index is 642. The molecule has 0 saturated heterocycles. The molecule has 0 saturated carbocycles. The molecule has 7 heteroatoms. The van der Waals surface area contributed by atoms with Crippen molar-refractivity contribution in [2.75, 3.05) is 19.3 Å². The molecule has 0 fully saturated rings. The number of aliphatic imine (C=N–C) groups is 1. The van der Waals surface area contributed by atoms with Gasteiger partial charge in [0.15, 0.2) is 5.96 Å². The third-order valence-corrected chi connectivity index (χ3v) is 4.04. The van der Waals surface area contributed by atoms with Gasteiger partial charge in [0.2, 0.25) is 0 Å². The van der Waals surface area contributed by atoms with Crippen LogP contribution in [0.2, 0.25) is 0 Å². The molecule has 0 unspecified atom stereocenters. The first-order chi connectivity index (χ1) is 11.7. The lowest BCUT2D eigenvalue weighted by Gasteiger charge is -2.12. The zero-order valence-electron chi connectivity index (χ0n) is 14.1. The van der Waals surface area contributed by atoms with Gasteiger partial charge < -0.3 is 15.2 Å². The van der Waals surface area contributed by atoms with E-state index in [1.807, 2.05) is 30.0 Å². The Balaban J connectivity index is 1.97. The monoisotopic (exact) mass is 349 g/mol. The summed E-state index contributed by atoms with van der Waals surface area (Å²) in [6, 6.07) is 4.91. The van der Waals surface area contributed by atoms with Crippen molar-refractivity contribution < 1.29 is 4.39 Å². The van der Waals surface area contributed by atoms with E-state index in [-0.39, 0.29) is 5.82 Å². The van der Waals surface area contributed by atoms with Crippen LogP contribution in [-0.4, -0.2) is 34.9 Å². The number of aromatic nitrogens is 2. The highest BCUT2D eigenvalue weighted by molar-refractivity contribution is 7.97. The molecule has 24 heavy (non-hydrogen) atoms. The van der Waals surface area contributed by atoms with Crippen LogP contribution in [0.1, 0.15) is 18.1 Å². The van der Waals surface area contributed by atoms with Crippen molar-refractivity contribution in [3.8, 4) is 0 Å². The summed E-state index contributed by atoms with van der Waals surface area (Å²) in [5, 5.41) is 6.53. The topological polar surface area (TPSA) is 54.2 Å². The van der Waals surface area contributed by atoms with Crippen molar-refractivity contribution in [2.24, 2.45) is 4.99 Å². The first kappa shape index (κ1) is 18.3. The van der Waals surface area contributed by atoms with E-state index in [2.05, 4.69) is 20.6 Å². The van der Waals surface area contributed by atoms with Gasteiger partial charge in [-0.25, -0.2) is 14.4 Å². The average Bonchev–Trinajstić information content (AvgIpc) is 3.07. The molecule has 5 nitrogen and oxygen atoms in total. The molecule has 0 atom stereocenters. The number of benzene rings is 1. The molecule has 0 aliphatic carbocycles. The standard InChI is InChI=1S/C17H24FN5S/c1-3-20-17(21-7-9-23-8-6-19-13-23)22-11-14-4-5-16(18)10-15(14)12-24-2/h4-6,8,10,13H,3,7,9,11-12H2,1-2H3,(H2,20,21,22). The molecule has 2 aromatic rings. The fraction of sp³-hybridized carbons (Fsp3) is 0.412. The summed E-state index contributed by atoms with van der Waals surface area (Å²) in [5.41, 5.74) is 2.05. The van der Waals surface area contributed by atoms with Crippen LogP contribution in [0, 0.1) is 5.82 Å². The molecular weight excluding hydrogens is 325 g/mol. The van der Waals surface area contributed by atoms with E-state index in [1.165, 1.54) is 6.07 Å². The second kappa shape index (κ2) is 9.97. The largest absolute Gasteiger partial charge is 0.357 e. The van der Waals surface area contributed by atoms with Gasteiger partial charge in [-0.1, -0.05) is 6.07 Å². The van der Waals surface area contributed by atoms with Crippen LogP contribution in [0.4, 0.5) is 4.39 Å². The molecule has 2 rings (SSSR count). The third kappa shape index (κ3) is 5.88. The molecule has 0 bridgehead atoms. The Hall–Kier alpha value is -2.02. The van der Waals surface area contributed by atoms with E-state index >= 15 is 0 Å². The second-order valence-corrected chi connectivity index (χ2v) is 6.13. The van der Waals surface area contributed by atoms with Gasteiger partial charge in [-0.3, -0.25) is 0 Å². The average molecular weight is 349 g/mol. The summed E-state index contributed by atoms with van der Waals surface area (Å²) in [5.74, 6) is 1.35. The zero-order valence-corrected chi connectivity index (χ0v) is 14.9. The number of guanidine groups is 1. The number of nitrogens with zero attached hydrogens (tertiary/aromatic N) is 3. The number of nitrogens with one attached hydrogen (secondary N) is 2. The maximum atomic E-state index is 13.4. The van der Waals surface area contributed by atoms with Gasteiger partial charge in [0.05, 0.1) is 12.9 Å². The minimum absolute atomic E-state index is 0.197. The number of imidazole rings is 1. The van der Waals surface area contributed by atoms with Crippen LogP contribution in [0.3, 0.4) is 0 Å². The Morgan fingerprint density at radius 2 is 2.21 bits per heavy atom. The van der Waals surface area contributed by atoms with E-state index < -0.39 is 0 Å². The highest BCUT2D eigenvalue weighted by atomic mass is 32.2. The normalized spacial score (nSPS) is 11.5. The minimum atomic E-state index is -0.197. The lowest BCUT2D eigenvalue weighted by molar-refractivity contribution is 0.625. The van der Waals surface area contributed by atoms with E-state index in [0.29, 0.717) is 6.54 Å². The van der Waals surface area contributed by atoms with Crippen LogP contribution < -0.4 is 10.6 Å².